The SMILES string of the molecule is CC(=O)O[C@@H](C(=O)O)c1ccccc1.CC(C)N(CC[C@H](c1ccccc1)c1cc(CO)ccc1O)C(C)C.CC(C)N(CC[C@H](c1ccccc1)c1cc(CO)ccc1O)C(C)C. The Morgan fingerprint density at radius 2 is 0.844 bits per heavy atom. The average molecular weight is 877 g/mol. The molecule has 0 unspecified atom stereocenters. The van der Waals surface area contributed by atoms with Crippen molar-refractivity contribution in [2.75, 3.05) is 13.1 Å². The van der Waals surface area contributed by atoms with E-state index in [-0.39, 0.29) is 25.0 Å². The van der Waals surface area contributed by atoms with Crippen molar-refractivity contribution in [1.82, 2.24) is 9.80 Å². The standard InChI is InChI=1S/2C22H31NO2.C10H10O4/c2*1-16(2)23(17(3)4)13-12-20(19-8-6-5-7-9-19)21-14-18(15-24)10-11-22(21)25;1-7(11)14-9(10(12)13)8-5-3-2-4-6-8/h2*5-11,14,16-17,20,24-25H,12-13,15H2,1-4H3;2-6,9H,1H3,(H,12,13)/t2*20-;9-/m111/s1. The number of phenols is 2. The van der Waals surface area contributed by atoms with Gasteiger partial charge in [-0.2, -0.15) is 0 Å². The third-order valence-electron chi connectivity index (χ3n) is 11.3. The van der Waals surface area contributed by atoms with Crippen molar-refractivity contribution in [3.8, 4) is 11.5 Å². The molecule has 0 bridgehead atoms. The first-order chi connectivity index (χ1) is 30.5. The van der Waals surface area contributed by atoms with E-state index in [1.807, 2.05) is 48.5 Å². The molecule has 0 fully saturated rings. The molecule has 0 aliphatic rings. The molecule has 0 aromatic heterocycles. The van der Waals surface area contributed by atoms with Crippen molar-refractivity contribution in [1.29, 1.82) is 0 Å². The van der Waals surface area contributed by atoms with E-state index in [0.717, 1.165) is 48.2 Å². The van der Waals surface area contributed by atoms with E-state index in [9.17, 15) is 30.0 Å². The van der Waals surface area contributed by atoms with Crippen molar-refractivity contribution in [3.63, 3.8) is 0 Å². The van der Waals surface area contributed by atoms with Crippen LogP contribution in [0.25, 0.3) is 0 Å². The number of carboxylic acids is 1. The number of nitrogens with zero attached hydrogens (tertiary/aromatic N) is 2. The highest BCUT2D eigenvalue weighted by Gasteiger charge is 2.24. The normalized spacial score (nSPS) is 12.7. The zero-order chi connectivity index (χ0) is 47.3. The predicted octanol–water partition coefficient (Wildman–Crippen LogP) is 10.4. The summed E-state index contributed by atoms with van der Waals surface area (Å²) in [6.45, 7) is 20.9. The summed E-state index contributed by atoms with van der Waals surface area (Å²) >= 11 is 0. The molecule has 0 amide bonds. The van der Waals surface area contributed by atoms with Crippen LogP contribution in [0.3, 0.4) is 0 Å². The lowest BCUT2D eigenvalue weighted by Gasteiger charge is -2.32. The van der Waals surface area contributed by atoms with Gasteiger partial charge >= 0.3 is 11.9 Å². The van der Waals surface area contributed by atoms with Crippen LogP contribution in [0.4, 0.5) is 0 Å². The van der Waals surface area contributed by atoms with Crippen LogP contribution in [-0.2, 0) is 27.5 Å². The molecule has 10 heteroatoms. The molecule has 346 valence electrons. The van der Waals surface area contributed by atoms with E-state index in [0.29, 0.717) is 41.2 Å². The van der Waals surface area contributed by atoms with Crippen LogP contribution in [0.15, 0.2) is 127 Å². The summed E-state index contributed by atoms with van der Waals surface area (Å²) in [6, 6.07) is 41.7. The van der Waals surface area contributed by atoms with Gasteiger partial charge in [-0.05, 0) is 128 Å². The minimum atomic E-state index is -1.21. The fourth-order valence-electron chi connectivity index (χ4n) is 8.17. The molecule has 0 saturated carbocycles. The molecule has 0 radical (unpaired) electrons. The molecule has 5 rings (SSSR count). The van der Waals surface area contributed by atoms with E-state index in [1.165, 1.54) is 18.1 Å². The van der Waals surface area contributed by atoms with Crippen LogP contribution in [0.1, 0.15) is 132 Å². The molecular formula is C54H72N2O8. The van der Waals surface area contributed by atoms with Gasteiger partial charge in [0.15, 0.2) is 0 Å². The summed E-state index contributed by atoms with van der Waals surface area (Å²) in [4.78, 5) is 26.4. The summed E-state index contributed by atoms with van der Waals surface area (Å²) in [5.41, 5.74) is 6.29. The van der Waals surface area contributed by atoms with E-state index in [4.69, 9.17) is 5.11 Å². The van der Waals surface area contributed by atoms with Crippen LogP contribution in [0.5, 0.6) is 11.5 Å². The zero-order valence-electron chi connectivity index (χ0n) is 39.3. The number of hydrogen-bond acceptors (Lipinski definition) is 9. The maximum absolute atomic E-state index is 10.8. The minimum Gasteiger partial charge on any atom is -0.508 e. The van der Waals surface area contributed by atoms with Crippen LogP contribution in [-0.4, -0.2) is 84.5 Å². The Balaban J connectivity index is 0.000000266. The number of hydrogen-bond donors (Lipinski definition) is 5. The first-order valence-corrected chi connectivity index (χ1v) is 22.4. The molecule has 64 heavy (non-hydrogen) atoms. The molecule has 10 nitrogen and oxygen atoms in total. The highest BCUT2D eigenvalue weighted by atomic mass is 16.6. The smallest absolute Gasteiger partial charge is 0.349 e. The second kappa shape index (κ2) is 27.0. The maximum atomic E-state index is 10.8. The Morgan fingerprint density at radius 3 is 1.12 bits per heavy atom. The number of aliphatic carboxylic acids is 1. The van der Waals surface area contributed by atoms with E-state index in [2.05, 4.69) is 94.2 Å². The predicted molar refractivity (Wildman–Crippen MR) is 256 cm³/mol. The number of esters is 1. The summed E-state index contributed by atoms with van der Waals surface area (Å²) in [5.74, 6) is -0.980. The molecule has 5 aromatic carbocycles. The quantitative estimate of drug-likeness (QED) is 0.0507. The van der Waals surface area contributed by atoms with Crippen molar-refractivity contribution in [2.24, 2.45) is 0 Å². The molecule has 0 aliphatic carbocycles. The van der Waals surface area contributed by atoms with Gasteiger partial charge in [0.05, 0.1) is 13.2 Å². The van der Waals surface area contributed by atoms with Crippen molar-refractivity contribution in [2.45, 2.75) is 130 Å². The number of aliphatic hydroxyl groups excluding tert-OH is 2. The van der Waals surface area contributed by atoms with Gasteiger partial charge in [-0.1, -0.05) is 103 Å². The van der Waals surface area contributed by atoms with Crippen LogP contribution >= 0.6 is 0 Å². The van der Waals surface area contributed by atoms with Gasteiger partial charge in [0.25, 0.3) is 0 Å². The van der Waals surface area contributed by atoms with Gasteiger partial charge in [0.2, 0.25) is 6.10 Å². The van der Waals surface area contributed by atoms with Crippen molar-refractivity contribution in [3.05, 3.63) is 166 Å². The van der Waals surface area contributed by atoms with Gasteiger partial charge in [-0.3, -0.25) is 14.6 Å². The van der Waals surface area contributed by atoms with E-state index >= 15 is 0 Å². The first-order valence-electron chi connectivity index (χ1n) is 22.4. The Labute approximate surface area is 381 Å². The number of benzene rings is 5. The average Bonchev–Trinajstić information content (AvgIpc) is 3.27. The lowest BCUT2D eigenvalue weighted by atomic mass is 9.86. The topological polar surface area (TPSA) is 151 Å². The van der Waals surface area contributed by atoms with Gasteiger partial charge < -0.3 is 30.3 Å². The number of carboxylic acid groups (broad SMARTS) is 1. The molecular weight excluding hydrogens is 805 g/mol. The number of ether oxygens (including phenoxy) is 1. The number of phenolic OH excluding ortho intramolecular Hbond substituents is 2. The zero-order valence-corrected chi connectivity index (χ0v) is 39.3. The van der Waals surface area contributed by atoms with E-state index in [1.54, 1.807) is 54.6 Å². The lowest BCUT2D eigenvalue weighted by molar-refractivity contribution is -0.163. The van der Waals surface area contributed by atoms with Gasteiger partial charge in [0, 0.05) is 59.6 Å². The third-order valence-corrected chi connectivity index (χ3v) is 11.3. The lowest BCUT2D eigenvalue weighted by Crippen LogP contribution is -2.38. The second-order valence-corrected chi connectivity index (χ2v) is 17.2. The second-order valence-electron chi connectivity index (χ2n) is 17.2. The van der Waals surface area contributed by atoms with Gasteiger partial charge in [0.1, 0.15) is 11.5 Å². The number of carbonyl (C=O) groups is 2. The highest BCUT2D eigenvalue weighted by Crippen LogP contribution is 2.36. The first kappa shape index (κ1) is 52.8. The molecule has 3 atom stereocenters. The number of aromatic hydroxyl groups is 2. The highest BCUT2D eigenvalue weighted by molar-refractivity contribution is 5.78. The van der Waals surface area contributed by atoms with Gasteiger partial charge in [-0.15, -0.1) is 0 Å². The van der Waals surface area contributed by atoms with Crippen molar-refractivity contribution < 1.29 is 39.9 Å². The molecule has 0 aliphatic heterocycles. The summed E-state index contributed by atoms with van der Waals surface area (Å²) < 4.78 is 4.66. The summed E-state index contributed by atoms with van der Waals surface area (Å²) in [7, 11) is 0. The molecule has 0 spiro atoms. The largest absolute Gasteiger partial charge is 0.508 e. The van der Waals surface area contributed by atoms with E-state index < -0.39 is 18.0 Å². The fraction of sp³-hybridized carbons (Fsp3) is 0.407. The number of carbonyl (C=O) groups excluding carboxylic acids is 1. The number of aliphatic hydroxyl groups is 2. The van der Waals surface area contributed by atoms with Crippen LogP contribution < -0.4 is 0 Å². The monoisotopic (exact) mass is 877 g/mol. The Morgan fingerprint density at radius 1 is 0.516 bits per heavy atom. The third kappa shape index (κ3) is 16.6. The molecule has 5 aromatic rings. The Kier molecular flexibility index (Phi) is 22.2. The Bertz CT molecular complexity index is 1980. The maximum Gasteiger partial charge on any atom is 0.349 e. The molecule has 0 saturated heterocycles. The van der Waals surface area contributed by atoms with Crippen LogP contribution in [0.2, 0.25) is 0 Å². The molecule has 0 heterocycles. The number of rotatable bonds is 19. The molecule has 5 N–H and O–H groups in total. The Hall–Kier alpha value is -5.52. The minimum absolute atomic E-state index is 0.0150. The fourth-order valence-corrected chi connectivity index (χ4v) is 8.17. The van der Waals surface area contributed by atoms with Crippen molar-refractivity contribution >= 4 is 11.9 Å². The van der Waals surface area contributed by atoms with Gasteiger partial charge in [-0.25, -0.2) is 4.79 Å². The van der Waals surface area contributed by atoms with Crippen LogP contribution in [0, 0.1) is 0 Å². The summed E-state index contributed by atoms with van der Waals surface area (Å²) in [6.07, 6.45) is 0.625. The summed E-state index contributed by atoms with van der Waals surface area (Å²) in [5, 5.41) is 48.7.